The van der Waals surface area contributed by atoms with Crippen LogP contribution in [0.3, 0.4) is 0 Å². The number of nitrogens with zero attached hydrogens (tertiary/aromatic N) is 1. The average molecular weight is 387 g/mol. The molecule has 0 radical (unpaired) electrons. The van der Waals surface area contributed by atoms with Gasteiger partial charge in [0.2, 0.25) is 5.91 Å². The van der Waals surface area contributed by atoms with Gasteiger partial charge < -0.3 is 10.3 Å². The SMILES string of the molecule is C[C@H](NC(=O)C(C)(C)n1c(=O)[nH]c2ccccc2c1=O)c1ccc(F)cc1F. The highest BCUT2D eigenvalue weighted by atomic mass is 19.1. The third-order valence-corrected chi connectivity index (χ3v) is 4.70. The summed E-state index contributed by atoms with van der Waals surface area (Å²) in [6.07, 6.45) is 0. The summed E-state index contributed by atoms with van der Waals surface area (Å²) in [4.78, 5) is 40.7. The highest BCUT2D eigenvalue weighted by Crippen LogP contribution is 2.20. The van der Waals surface area contributed by atoms with Gasteiger partial charge >= 0.3 is 5.69 Å². The van der Waals surface area contributed by atoms with E-state index in [1.54, 1.807) is 24.3 Å². The molecule has 0 spiro atoms. The number of aromatic nitrogens is 2. The van der Waals surface area contributed by atoms with Crippen LogP contribution in [0.25, 0.3) is 10.9 Å². The molecule has 1 aromatic heterocycles. The molecule has 28 heavy (non-hydrogen) atoms. The lowest BCUT2D eigenvalue weighted by atomic mass is 10.0. The first-order valence-electron chi connectivity index (χ1n) is 8.63. The van der Waals surface area contributed by atoms with Crippen molar-refractivity contribution in [1.29, 1.82) is 0 Å². The molecule has 0 aliphatic heterocycles. The van der Waals surface area contributed by atoms with E-state index in [-0.39, 0.29) is 10.9 Å². The maximum absolute atomic E-state index is 14.0. The van der Waals surface area contributed by atoms with Crippen LogP contribution in [0.2, 0.25) is 0 Å². The summed E-state index contributed by atoms with van der Waals surface area (Å²) >= 11 is 0. The van der Waals surface area contributed by atoms with Gasteiger partial charge in [-0.05, 0) is 39.0 Å². The molecule has 0 bridgehead atoms. The minimum atomic E-state index is -1.56. The smallest absolute Gasteiger partial charge is 0.329 e. The number of carbonyl (C=O) groups excluding carboxylic acids is 1. The number of benzene rings is 2. The number of hydrogen-bond acceptors (Lipinski definition) is 3. The number of fused-ring (bicyclic) bond motifs is 1. The van der Waals surface area contributed by atoms with E-state index in [4.69, 9.17) is 0 Å². The Morgan fingerprint density at radius 1 is 1.14 bits per heavy atom. The number of amides is 1. The average Bonchev–Trinajstić information content (AvgIpc) is 2.61. The van der Waals surface area contributed by atoms with Gasteiger partial charge in [0.1, 0.15) is 17.2 Å². The van der Waals surface area contributed by atoms with Crippen molar-refractivity contribution in [2.24, 2.45) is 0 Å². The van der Waals surface area contributed by atoms with E-state index in [2.05, 4.69) is 10.3 Å². The maximum Gasteiger partial charge on any atom is 0.329 e. The topological polar surface area (TPSA) is 84.0 Å². The third-order valence-electron chi connectivity index (χ3n) is 4.70. The molecular weight excluding hydrogens is 368 g/mol. The zero-order valence-electron chi connectivity index (χ0n) is 15.5. The fourth-order valence-electron chi connectivity index (χ4n) is 3.08. The normalized spacial score (nSPS) is 12.8. The van der Waals surface area contributed by atoms with Gasteiger partial charge in [-0.1, -0.05) is 18.2 Å². The maximum atomic E-state index is 14.0. The van der Waals surface area contributed by atoms with Crippen LogP contribution in [-0.2, 0) is 10.3 Å². The first-order chi connectivity index (χ1) is 13.1. The number of H-pyrrole nitrogens is 1. The summed E-state index contributed by atoms with van der Waals surface area (Å²) in [5.74, 6) is -2.19. The lowest BCUT2D eigenvalue weighted by Crippen LogP contribution is -2.54. The molecule has 0 saturated carbocycles. The van der Waals surface area contributed by atoms with Gasteiger partial charge in [-0.25, -0.2) is 18.1 Å². The van der Waals surface area contributed by atoms with Crippen LogP contribution in [0.1, 0.15) is 32.4 Å². The van der Waals surface area contributed by atoms with Crippen molar-refractivity contribution in [1.82, 2.24) is 14.9 Å². The van der Waals surface area contributed by atoms with Gasteiger partial charge in [-0.3, -0.25) is 9.59 Å². The molecule has 0 fully saturated rings. The molecule has 3 aromatic rings. The van der Waals surface area contributed by atoms with Gasteiger partial charge in [0, 0.05) is 11.6 Å². The lowest BCUT2D eigenvalue weighted by molar-refractivity contribution is -0.129. The Morgan fingerprint density at radius 2 is 1.82 bits per heavy atom. The molecule has 1 atom stereocenters. The molecule has 2 aromatic carbocycles. The van der Waals surface area contributed by atoms with Gasteiger partial charge in [-0.15, -0.1) is 0 Å². The van der Waals surface area contributed by atoms with Crippen LogP contribution in [0.15, 0.2) is 52.1 Å². The molecule has 0 unspecified atom stereocenters. The van der Waals surface area contributed by atoms with Crippen molar-refractivity contribution in [3.63, 3.8) is 0 Å². The van der Waals surface area contributed by atoms with E-state index >= 15 is 0 Å². The fourth-order valence-corrected chi connectivity index (χ4v) is 3.08. The zero-order valence-corrected chi connectivity index (χ0v) is 15.5. The quantitative estimate of drug-likeness (QED) is 0.722. The van der Waals surface area contributed by atoms with Crippen molar-refractivity contribution in [2.45, 2.75) is 32.4 Å². The predicted molar refractivity (Wildman–Crippen MR) is 101 cm³/mol. The molecule has 0 saturated heterocycles. The first kappa shape index (κ1) is 19.5. The van der Waals surface area contributed by atoms with Crippen molar-refractivity contribution >= 4 is 16.8 Å². The van der Waals surface area contributed by atoms with Crippen LogP contribution in [-0.4, -0.2) is 15.5 Å². The summed E-state index contributed by atoms with van der Waals surface area (Å²) in [7, 11) is 0. The summed E-state index contributed by atoms with van der Waals surface area (Å²) in [5, 5.41) is 2.85. The van der Waals surface area contributed by atoms with E-state index in [1.807, 2.05) is 0 Å². The Labute approximate surface area is 158 Å². The highest BCUT2D eigenvalue weighted by molar-refractivity contribution is 5.85. The number of hydrogen-bond donors (Lipinski definition) is 2. The number of rotatable bonds is 4. The van der Waals surface area contributed by atoms with Crippen LogP contribution in [0, 0.1) is 11.6 Å². The predicted octanol–water partition coefficient (Wildman–Crippen LogP) is 2.58. The molecule has 0 aliphatic rings. The Bertz CT molecular complexity index is 1180. The molecule has 146 valence electrons. The van der Waals surface area contributed by atoms with Crippen LogP contribution in [0.5, 0.6) is 0 Å². The second-order valence-corrected chi connectivity index (χ2v) is 7.04. The molecule has 1 heterocycles. The molecule has 8 heteroatoms. The summed E-state index contributed by atoms with van der Waals surface area (Å²) in [6, 6.07) is 8.72. The Hall–Kier alpha value is -3.29. The van der Waals surface area contributed by atoms with Crippen molar-refractivity contribution < 1.29 is 13.6 Å². The van der Waals surface area contributed by atoms with E-state index in [0.29, 0.717) is 5.52 Å². The molecular formula is C20H19F2N3O3. The van der Waals surface area contributed by atoms with Gasteiger partial charge in [0.15, 0.2) is 0 Å². The minimum absolute atomic E-state index is 0.0883. The van der Waals surface area contributed by atoms with Crippen molar-refractivity contribution in [2.75, 3.05) is 0 Å². The highest BCUT2D eigenvalue weighted by Gasteiger charge is 2.34. The molecule has 6 nitrogen and oxygen atoms in total. The Balaban J connectivity index is 1.98. The standard InChI is InChI=1S/C20H19F2N3O3/c1-11(13-9-8-12(21)10-15(13)22)23-18(27)20(2,3)25-17(26)14-6-4-5-7-16(14)24-19(25)28/h4-11H,1-3H3,(H,23,27)(H,24,28)/t11-/m0/s1. The molecule has 2 N–H and O–H groups in total. The molecule has 3 rings (SSSR count). The summed E-state index contributed by atoms with van der Waals surface area (Å²) in [5.41, 5.74) is -2.44. The van der Waals surface area contributed by atoms with Gasteiger partial charge in [0.25, 0.3) is 5.56 Å². The molecule has 1 amide bonds. The number of nitrogens with one attached hydrogen (secondary N) is 2. The van der Waals surface area contributed by atoms with E-state index in [0.717, 1.165) is 16.7 Å². The minimum Gasteiger partial charge on any atom is -0.347 e. The van der Waals surface area contributed by atoms with E-state index in [9.17, 15) is 23.2 Å². The Morgan fingerprint density at radius 3 is 2.50 bits per heavy atom. The number of carbonyl (C=O) groups is 1. The second-order valence-electron chi connectivity index (χ2n) is 7.04. The van der Waals surface area contributed by atoms with Gasteiger partial charge in [-0.2, -0.15) is 0 Å². The van der Waals surface area contributed by atoms with Crippen LogP contribution >= 0.6 is 0 Å². The number of para-hydroxylation sites is 1. The van der Waals surface area contributed by atoms with Crippen molar-refractivity contribution in [3.05, 3.63) is 80.5 Å². The lowest BCUT2D eigenvalue weighted by Gasteiger charge is -2.27. The monoisotopic (exact) mass is 387 g/mol. The third kappa shape index (κ3) is 3.33. The van der Waals surface area contributed by atoms with Gasteiger partial charge in [0.05, 0.1) is 16.9 Å². The van der Waals surface area contributed by atoms with E-state index < -0.39 is 40.4 Å². The second kappa shape index (κ2) is 7.03. The zero-order chi connectivity index (χ0) is 20.6. The largest absolute Gasteiger partial charge is 0.347 e. The Kier molecular flexibility index (Phi) is 4.89. The first-order valence-corrected chi connectivity index (χ1v) is 8.63. The summed E-state index contributed by atoms with van der Waals surface area (Å²) < 4.78 is 27.9. The molecule has 0 aliphatic carbocycles. The number of aromatic amines is 1. The van der Waals surface area contributed by atoms with Crippen LogP contribution < -0.4 is 16.6 Å². The van der Waals surface area contributed by atoms with Crippen molar-refractivity contribution in [3.8, 4) is 0 Å². The fraction of sp³-hybridized carbons (Fsp3) is 0.250. The summed E-state index contributed by atoms with van der Waals surface area (Å²) in [6.45, 7) is 4.36. The van der Waals surface area contributed by atoms with E-state index in [1.165, 1.54) is 26.8 Å². The van der Waals surface area contributed by atoms with Crippen LogP contribution in [0.4, 0.5) is 8.78 Å². The number of halogens is 2.